The standard InChI is InChI=1S/C12H13ClN2O2S/c13-10-1-2-12-14-11(7-15(12)6-10)5-9-3-4-18(16,17)8-9/h1-2,6-7,9H,3-5,8H2. The van der Waals surface area contributed by atoms with Gasteiger partial charge in [-0.05, 0) is 30.9 Å². The summed E-state index contributed by atoms with van der Waals surface area (Å²) in [7, 11) is -2.81. The second-order valence-electron chi connectivity index (χ2n) is 4.82. The predicted octanol–water partition coefficient (Wildman–Crippen LogP) is 1.96. The Labute approximate surface area is 111 Å². The maximum absolute atomic E-state index is 11.4. The molecule has 1 atom stereocenters. The quantitative estimate of drug-likeness (QED) is 0.847. The highest BCUT2D eigenvalue weighted by molar-refractivity contribution is 7.91. The number of sulfone groups is 1. The number of rotatable bonds is 2. The van der Waals surface area contributed by atoms with Crippen LogP contribution in [0.4, 0.5) is 0 Å². The third-order valence-electron chi connectivity index (χ3n) is 3.29. The maximum atomic E-state index is 11.4. The Morgan fingerprint density at radius 2 is 2.22 bits per heavy atom. The van der Waals surface area contributed by atoms with Crippen LogP contribution in [0.3, 0.4) is 0 Å². The lowest BCUT2D eigenvalue weighted by molar-refractivity contribution is 0.578. The fourth-order valence-corrected chi connectivity index (χ4v) is 4.47. The SMILES string of the molecule is O=S1(=O)CCC(Cc2cn3cc(Cl)ccc3n2)C1. The molecule has 2 aromatic rings. The van der Waals surface area contributed by atoms with Crippen LogP contribution in [0.25, 0.3) is 5.65 Å². The topological polar surface area (TPSA) is 51.4 Å². The van der Waals surface area contributed by atoms with Gasteiger partial charge in [0.2, 0.25) is 0 Å². The van der Waals surface area contributed by atoms with Crippen LogP contribution in [0.1, 0.15) is 12.1 Å². The largest absolute Gasteiger partial charge is 0.305 e. The molecule has 1 fully saturated rings. The first kappa shape index (κ1) is 12.0. The molecule has 1 unspecified atom stereocenters. The molecule has 6 heteroatoms. The van der Waals surface area contributed by atoms with Gasteiger partial charge in [0.1, 0.15) is 5.65 Å². The molecule has 0 spiro atoms. The van der Waals surface area contributed by atoms with Gasteiger partial charge in [-0.1, -0.05) is 11.6 Å². The molecule has 4 nitrogen and oxygen atoms in total. The van der Waals surface area contributed by atoms with Gasteiger partial charge in [-0.25, -0.2) is 13.4 Å². The van der Waals surface area contributed by atoms with Crippen LogP contribution in [0.5, 0.6) is 0 Å². The van der Waals surface area contributed by atoms with Crippen LogP contribution in [-0.4, -0.2) is 29.3 Å². The summed E-state index contributed by atoms with van der Waals surface area (Å²) in [5.74, 6) is 0.814. The van der Waals surface area contributed by atoms with Gasteiger partial charge in [0.25, 0.3) is 0 Å². The summed E-state index contributed by atoms with van der Waals surface area (Å²) in [6.45, 7) is 0. The third kappa shape index (κ3) is 2.37. The van der Waals surface area contributed by atoms with Crippen molar-refractivity contribution >= 4 is 27.1 Å². The summed E-state index contributed by atoms with van der Waals surface area (Å²) in [5, 5.41) is 0.662. The van der Waals surface area contributed by atoms with Crippen LogP contribution in [0.15, 0.2) is 24.5 Å². The van der Waals surface area contributed by atoms with Crippen LogP contribution in [0.2, 0.25) is 5.02 Å². The minimum atomic E-state index is -2.81. The van der Waals surface area contributed by atoms with Gasteiger partial charge < -0.3 is 4.40 Å². The van der Waals surface area contributed by atoms with Crippen molar-refractivity contribution in [3.63, 3.8) is 0 Å². The predicted molar refractivity (Wildman–Crippen MR) is 70.7 cm³/mol. The van der Waals surface area contributed by atoms with Crippen molar-refractivity contribution in [3.8, 4) is 0 Å². The first-order chi connectivity index (χ1) is 8.52. The van der Waals surface area contributed by atoms with Gasteiger partial charge in [0, 0.05) is 12.4 Å². The van der Waals surface area contributed by atoms with E-state index < -0.39 is 9.84 Å². The maximum Gasteiger partial charge on any atom is 0.150 e. The fraction of sp³-hybridized carbons (Fsp3) is 0.417. The molecule has 0 bridgehead atoms. The van der Waals surface area contributed by atoms with Crippen LogP contribution in [0, 0.1) is 5.92 Å². The van der Waals surface area contributed by atoms with E-state index in [0.717, 1.165) is 24.2 Å². The zero-order valence-electron chi connectivity index (χ0n) is 9.71. The molecule has 3 rings (SSSR count). The number of aromatic nitrogens is 2. The lowest BCUT2D eigenvalue weighted by Gasteiger charge is -2.03. The molecule has 2 aromatic heterocycles. The molecule has 0 amide bonds. The summed E-state index contributed by atoms with van der Waals surface area (Å²) in [5.41, 5.74) is 1.77. The van der Waals surface area contributed by atoms with E-state index in [2.05, 4.69) is 4.98 Å². The molecule has 0 radical (unpaired) electrons. The molecular formula is C12H13ClN2O2S. The second kappa shape index (κ2) is 4.24. The van der Waals surface area contributed by atoms with Gasteiger partial charge >= 0.3 is 0 Å². The summed E-state index contributed by atoms with van der Waals surface area (Å²) >= 11 is 5.91. The van der Waals surface area contributed by atoms with Crippen LogP contribution in [-0.2, 0) is 16.3 Å². The normalized spacial score (nSPS) is 22.6. The third-order valence-corrected chi connectivity index (χ3v) is 5.35. The van der Waals surface area contributed by atoms with Crippen molar-refractivity contribution in [2.24, 2.45) is 5.92 Å². The summed E-state index contributed by atoms with van der Waals surface area (Å²) in [6, 6.07) is 3.66. The molecule has 18 heavy (non-hydrogen) atoms. The van der Waals surface area contributed by atoms with Gasteiger partial charge in [-0.3, -0.25) is 0 Å². The van der Waals surface area contributed by atoms with Crippen molar-refractivity contribution in [2.45, 2.75) is 12.8 Å². The van der Waals surface area contributed by atoms with E-state index in [-0.39, 0.29) is 5.92 Å². The molecule has 0 saturated carbocycles. The average Bonchev–Trinajstić information content (AvgIpc) is 2.81. The van der Waals surface area contributed by atoms with Crippen molar-refractivity contribution in [1.29, 1.82) is 0 Å². The summed E-state index contributed by atoms with van der Waals surface area (Å²) < 4.78 is 24.7. The number of hydrogen-bond donors (Lipinski definition) is 0. The molecule has 1 aliphatic heterocycles. The number of fused-ring (bicyclic) bond motifs is 1. The van der Waals surface area contributed by atoms with E-state index in [1.54, 1.807) is 12.3 Å². The van der Waals surface area contributed by atoms with E-state index in [1.807, 2.05) is 16.7 Å². The zero-order chi connectivity index (χ0) is 12.8. The van der Waals surface area contributed by atoms with Gasteiger partial charge in [-0.2, -0.15) is 0 Å². The Morgan fingerprint density at radius 1 is 1.39 bits per heavy atom. The second-order valence-corrected chi connectivity index (χ2v) is 7.48. The highest BCUT2D eigenvalue weighted by Gasteiger charge is 2.28. The Hall–Kier alpha value is -1.07. The smallest absolute Gasteiger partial charge is 0.150 e. The van der Waals surface area contributed by atoms with E-state index in [4.69, 9.17) is 11.6 Å². The van der Waals surface area contributed by atoms with Gasteiger partial charge in [-0.15, -0.1) is 0 Å². The molecule has 3 heterocycles. The van der Waals surface area contributed by atoms with Crippen molar-refractivity contribution in [3.05, 3.63) is 35.2 Å². The highest BCUT2D eigenvalue weighted by Crippen LogP contribution is 2.22. The Balaban J connectivity index is 1.83. The van der Waals surface area contributed by atoms with Crippen LogP contribution < -0.4 is 0 Å². The molecule has 1 saturated heterocycles. The van der Waals surface area contributed by atoms with E-state index in [0.29, 0.717) is 16.5 Å². The number of hydrogen-bond acceptors (Lipinski definition) is 3. The molecule has 0 aliphatic carbocycles. The van der Waals surface area contributed by atoms with Crippen molar-refractivity contribution in [1.82, 2.24) is 9.38 Å². The monoisotopic (exact) mass is 284 g/mol. The number of imidazole rings is 1. The van der Waals surface area contributed by atoms with Crippen molar-refractivity contribution in [2.75, 3.05) is 11.5 Å². The van der Waals surface area contributed by atoms with E-state index in [9.17, 15) is 8.42 Å². The number of pyridine rings is 1. The molecule has 96 valence electrons. The van der Waals surface area contributed by atoms with E-state index >= 15 is 0 Å². The number of halogens is 1. The van der Waals surface area contributed by atoms with E-state index in [1.165, 1.54) is 0 Å². The minimum absolute atomic E-state index is 0.204. The summed E-state index contributed by atoms with van der Waals surface area (Å²) in [4.78, 5) is 4.47. The highest BCUT2D eigenvalue weighted by atomic mass is 35.5. The zero-order valence-corrected chi connectivity index (χ0v) is 11.3. The lowest BCUT2D eigenvalue weighted by atomic mass is 10.0. The fourth-order valence-electron chi connectivity index (χ4n) is 2.44. The van der Waals surface area contributed by atoms with Crippen LogP contribution >= 0.6 is 11.6 Å². The minimum Gasteiger partial charge on any atom is -0.305 e. The van der Waals surface area contributed by atoms with Gasteiger partial charge in [0.05, 0.1) is 22.2 Å². The Bertz CT molecular complexity index is 693. The lowest BCUT2D eigenvalue weighted by Crippen LogP contribution is -2.07. The van der Waals surface area contributed by atoms with Crippen molar-refractivity contribution < 1.29 is 8.42 Å². The van der Waals surface area contributed by atoms with Gasteiger partial charge in [0.15, 0.2) is 9.84 Å². The molecular weight excluding hydrogens is 272 g/mol. The molecule has 0 N–H and O–H groups in total. The summed E-state index contributed by atoms with van der Waals surface area (Å²) in [6.07, 6.45) is 5.19. The molecule has 1 aliphatic rings. The Morgan fingerprint density at radius 3 is 2.94 bits per heavy atom. The average molecular weight is 285 g/mol. The first-order valence-electron chi connectivity index (χ1n) is 5.85. The Kier molecular flexibility index (Phi) is 2.83. The first-order valence-corrected chi connectivity index (χ1v) is 8.05. The number of nitrogens with zero attached hydrogens (tertiary/aromatic N) is 2. The molecule has 0 aromatic carbocycles.